The van der Waals surface area contributed by atoms with Crippen LogP contribution in [0.2, 0.25) is 0 Å². The molecule has 0 saturated carbocycles. The molecule has 0 bridgehead atoms. The van der Waals surface area contributed by atoms with E-state index in [1.807, 2.05) is 54.6 Å². The molecule has 0 radical (unpaired) electrons. The van der Waals surface area contributed by atoms with Crippen LogP contribution in [0.1, 0.15) is 81.5 Å². The number of nitrogens with zero attached hydrogens (tertiary/aromatic N) is 1. The molecule has 3 rings (SSSR count). The SMILES string of the molecule is CCCCCCCCCCCCNC(=O)c1cc(-c2ccc(OC)cc2)nc2ccccc12. The molecule has 176 valence electrons. The van der Waals surface area contributed by atoms with Crippen LogP contribution in [-0.2, 0) is 0 Å². The number of methoxy groups -OCH3 is 1. The molecule has 0 unspecified atom stereocenters. The van der Waals surface area contributed by atoms with Crippen LogP contribution < -0.4 is 10.1 Å². The number of carbonyl (C=O) groups is 1. The van der Waals surface area contributed by atoms with E-state index in [1.54, 1.807) is 7.11 Å². The summed E-state index contributed by atoms with van der Waals surface area (Å²) in [5.41, 5.74) is 3.26. The molecule has 4 heteroatoms. The number of hydrogen-bond acceptors (Lipinski definition) is 3. The van der Waals surface area contributed by atoms with Gasteiger partial charge in [-0.15, -0.1) is 0 Å². The number of para-hydroxylation sites is 1. The molecule has 33 heavy (non-hydrogen) atoms. The standard InChI is InChI=1S/C29H38N2O2/c1-3-4-5-6-7-8-9-10-11-14-21-30-29(32)26-22-28(23-17-19-24(33-2)20-18-23)31-27-16-13-12-15-25(26)27/h12-13,15-20,22H,3-11,14,21H2,1-2H3,(H,30,32). The zero-order chi connectivity index (χ0) is 23.3. The second-order valence-electron chi connectivity index (χ2n) is 8.74. The fourth-order valence-corrected chi connectivity index (χ4v) is 4.18. The first-order valence-corrected chi connectivity index (χ1v) is 12.6. The van der Waals surface area contributed by atoms with Gasteiger partial charge in [-0.2, -0.15) is 0 Å². The molecule has 1 N–H and O–H groups in total. The van der Waals surface area contributed by atoms with E-state index < -0.39 is 0 Å². The molecular formula is C29H38N2O2. The minimum Gasteiger partial charge on any atom is -0.497 e. The fourth-order valence-electron chi connectivity index (χ4n) is 4.18. The lowest BCUT2D eigenvalue weighted by molar-refractivity contribution is 0.0954. The van der Waals surface area contributed by atoms with Gasteiger partial charge in [-0.3, -0.25) is 4.79 Å². The van der Waals surface area contributed by atoms with Crippen molar-refractivity contribution in [1.82, 2.24) is 10.3 Å². The maximum absolute atomic E-state index is 13.0. The molecule has 4 nitrogen and oxygen atoms in total. The summed E-state index contributed by atoms with van der Waals surface area (Å²) in [4.78, 5) is 17.8. The Morgan fingerprint density at radius 1 is 0.848 bits per heavy atom. The van der Waals surface area contributed by atoms with Gasteiger partial charge in [-0.05, 0) is 42.8 Å². The van der Waals surface area contributed by atoms with Gasteiger partial charge in [0, 0.05) is 17.5 Å². The number of nitrogens with one attached hydrogen (secondary N) is 1. The first-order valence-electron chi connectivity index (χ1n) is 12.6. The third kappa shape index (κ3) is 7.59. The zero-order valence-electron chi connectivity index (χ0n) is 20.2. The van der Waals surface area contributed by atoms with Gasteiger partial charge in [0.2, 0.25) is 0 Å². The van der Waals surface area contributed by atoms with Crippen LogP contribution in [0.4, 0.5) is 0 Å². The van der Waals surface area contributed by atoms with Crippen molar-refractivity contribution in [3.63, 3.8) is 0 Å². The number of rotatable bonds is 14. The minimum absolute atomic E-state index is 0.0284. The van der Waals surface area contributed by atoms with Crippen LogP contribution in [0.25, 0.3) is 22.2 Å². The van der Waals surface area contributed by atoms with Crippen LogP contribution in [0.15, 0.2) is 54.6 Å². The number of fused-ring (bicyclic) bond motifs is 1. The van der Waals surface area contributed by atoms with Crippen LogP contribution in [0.5, 0.6) is 5.75 Å². The highest BCUT2D eigenvalue weighted by Crippen LogP contribution is 2.26. The molecule has 0 aliphatic carbocycles. The first-order chi connectivity index (χ1) is 16.2. The van der Waals surface area contributed by atoms with Gasteiger partial charge in [0.05, 0.1) is 23.9 Å². The molecule has 3 aromatic rings. The number of amides is 1. The number of aromatic nitrogens is 1. The third-order valence-electron chi connectivity index (χ3n) is 6.16. The van der Waals surface area contributed by atoms with Gasteiger partial charge in [-0.25, -0.2) is 4.98 Å². The van der Waals surface area contributed by atoms with Crippen molar-refractivity contribution < 1.29 is 9.53 Å². The van der Waals surface area contributed by atoms with Crippen LogP contribution in [-0.4, -0.2) is 24.5 Å². The Morgan fingerprint density at radius 2 is 1.48 bits per heavy atom. The van der Waals surface area contributed by atoms with Crippen molar-refractivity contribution in [3.05, 3.63) is 60.2 Å². The predicted octanol–water partition coefficient (Wildman–Crippen LogP) is 7.56. The molecule has 0 saturated heterocycles. The Bertz CT molecular complexity index is 998. The topological polar surface area (TPSA) is 51.2 Å². The smallest absolute Gasteiger partial charge is 0.252 e. The molecular weight excluding hydrogens is 408 g/mol. The lowest BCUT2D eigenvalue weighted by atomic mass is 10.0. The van der Waals surface area contributed by atoms with E-state index in [-0.39, 0.29) is 5.91 Å². The molecule has 0 atom stereocenters. The monoisotopic (exact) mass is 446 g/mol. The first kappa shape index (κ1) is 24.8. The average molecular weight is 447 g/mol. The minimum atomic E-state index is -0.0284. The molecule has 1 amide bonds. The number of ether oxygens (including phenoxy) is 1. The van der Waals surface area contributed by atoms with Crippen molar-refractivity contribution in [2.45, 2.75) is 71.1 Å². The van der Waals surface area contributed by atoms with Gasteiger partial charge in [0.15, 0.2) is 0 Å². The summed E-state index contributed by atoms with van der Waals surface area (Å²) in [5.74, 6) is 0.772. The Labute approximate surface area is 198 Å². The van der Waals surface area contributed by atoms with E-state index in [2.05, 4.69) is 12.2 Å². The number of pyridine rings is 1. The van der Waals surface area contributed by atoms with Gasteiger partial charge in [-0.1, -0.05) is 82.9 Å². The highest BCUT2D eigenvalue weighted by Gasteiger charge is 2.13. The van der Waals surface area contributed by atoms with E-state index in [4.69, 9.17) is 9.72 Å². The third-order valence-corrected chi connectivity index (χ3v) is 6.16. The van der Waals surface area contributed by atoms with E-state index in [1.165, 1.54) is 57.8 Å². The summed E-state index contributed by atoms with van der Waals surface area (Å²) < 4.78 is 5.26. The van der Waals surface area contributed by atoms with E-state index >= 15 is 0 Å². The Kier molecular flexibility index (Phi) is 10.2. The van der Waals surface area contributed by atoms with Crippen molar-refractivity contribution in [1.29, 1.82) is 0 Å². The summed E-state index contributed by atoms with van der Waals surface area (Å²) in [6, 6.07) is 17.5. The second kappa shape index (κ2) is 13.6. The normalized spacial score (nSPS) is 11.0. The highest BCUT2D eigenvalue weighted by atomic mass is 16.5. The summed E-state index contributed by atoms with van der Waals surface area (Å²) in [7, 11) is 1.65. The Balaban J connectivity index is 1.53. The van der Waals surface area contributed by atoms with Gasteiger partial charge in [0.1, 0.15) is 5.75 Å². The van der Waals surface area contributed by atoms with E-state index in [0.29, 0.717) is 12.1 Å². The quantitative estimate of drug-likeness (QED) is 0.260. The number of carbonyl (C=O) groups excluding carboxylic acids is 1. The zero-order valence-corrected chi connectivity index (χ0v) is 20.2. The molecule has 0 aliphatic rings. The van der Waals surface area contributed by atoms with E-state index in [0.717, 1.165) is 34.3 Å². The fraction of sp³-hybridized carbons (Fsp3) is 0.448. The lowest BCUT2D eigenvalue weighted by Crippen LogP contribution is -2.24. The lowest BCUT2D eigenvalue weighted by Gasteiger charge is -2.11. The summed E-state index contributed by atoms with van der Waals surface area (Å²) in [5, 5.41) is 4.01. The van der Waals surface area contributed by atoms with Crippen molar-refractivity contribution >= 4 is 16.8 Å². The highest BCUT2D eigenvalue weighted by molar-refractivity contribution is 6.07. The molecule has 2 aromatic carbocycles. The van der Waals surface area contributed by atoms with Gasteiger partial charge < -0.3 is 10.1 Å². The summed E-state index contributed by atoms with van der Waals surface area (Å²) >= 11 is 0. The van der Waals surface area contributed by atoms with E-state index in [9.17, 15) is 4.79 Å². The molecule has 0 fully saturated rings. The second-order valence-corrected chi connectivity index (χ2v) is 8.74. The van der Waals surface area contributed by atoms with Crippen LogP contribution in [0.3, 0.4) is 0 Å². The van der Waals surface area contributed by atoms with Crippen molar-refractivity contribution in [2.75, 3.05) is 13.7 Å². The predicted molar refractivity (Wildman–Crippen MR) is 138 cm³/mol. The van der Waals surface area contributed by atoms with Gasteiger partial charge in [0.25, 0.3) is 5.91 Å². The molecule has 0 spiro atoms. The van der Waals surface area contributed by atoms with Crippen LogP contribution >= 0.6 is 0 Å². The van der Waals surface area contributed by atoms with Crippen molar-refractivity contribution in [2.24, 2.45) is 0 Å². The number of hydrogen-bond donors (Lipinski definition) is 1. The largest absolute Gasteiger partial charge is 0.497 e. The molecule has 1 heterocycles. The maximum Gasteiger partial charge on any atom is 0.252 e. The number of unbranched alkanes of at least 4 members (excludes halogenated alkanes) is 9. The summed E-state index contributed by atoms with van der Waals surface area (Å²) in [6.07, 6.45) is 12.9. The molecule has 0 aliphatic heterocycles. The average Bonchev–Trinajstić information content (AvgIpc) is 2.86. The maximum atomic E-state index is 13.0. The molecule has 1 aromatic heterocycles. The Hall–Kier alpha value is -2.88. The van der Waals surface area contributed by atoms with Crippen LogP contribution in [0, 0.1) is 0 Å². The van der Waals surface area contributed by atoms with Crippen molar-refractivity contribution in [3.8, 4) is 17.0 Å². The summed E-state index contributed by atoms with van der Waals surface area (Å²) in [6.45, 7) is 2.97. The van der Waals surface area contributed by atoms with Gasteiger partial charge >= 0.3 is 0 Å². The Morgan fingerprint density at radius 3 is 2.15 bits per heavy atom. The number of benzene rings is 2.